The van der Waals surface area contributed by atoms with Gasteiger partial charge in [-0.15, -0.1) is 0 Å². The van der Waals surface area contributed by atoms with Crippen molar-refractivity contribution < 1.29 is 4.92 Å². The molecule has 0 saturated heterocycles. The Morgan fingerprint density at radius 3 is 2.75 bits per heavy atom. The SMILES string of the molecule is O=[N+]([O-])C1(Cl)C=CC=CC1CBr. The first-order chi connectivity index (χ1) is 5.61. The zero-order valence-electron chi connectivity index (χ0n) is 6.11. The second-order valence-corrected chi connectivity index (χ2v) is 3.74. The number of nitro groups is 1. The van der Waals surface area contributed by atoms with Gasteiger partial charge in [0.15, 0.2) is 0 Å². The molecule has 0 spiro atoms. The zero-order valence-corrected chi connectivity index (χ0v) is 8.46. The summed E-state index contributed by atoms with van der Waals surface area (Å²) in [7, 11) is 0. The molecule has 66 valence electrons. The van der Waals surface area contributed by atoms with Gasteiger partial charge in [0.2, 0.25) is 0 Å². The van der Waals surface area contributed by atoms with Gasteiger partial charge in [-0.05, 0) is 11.6 Å². The molecule has 0 aliphatic heterocycles. The van der Waals surface area contributed by atoms with Crippen molar-refractivity contribution in [2.24, 2.45) is 5.92 Å². The highest BCUT2D eigenvalue weighted by Crippen LogP contribution is 2.32. The molecule has 0 fully saturated rings. The average Bonchev–Trinajstić information content (AvgIpc) is 2.05. The number of hydrogen-bond acceptors (Lipinski definition) is 2. The van der Waals surface area contributed by atoms with Crippen molar-refractivity contribution in [1.82, 2.24) is 0 Å². The Morgan fingerprint density at radius 1 is 1.67 bits per heavy atom. The molecule has 5 heteroatoms. The molecule has 0 heterocycles. The zero-order chi connectivity index (χ0) is 9.19. The molecule has 0 N–H and O–H groups in total. The Kier molecular flexibility index (Phi) is 2.90. The predicted octanol–water partition coefficient (Wildman–Crippen LogP) is 2.34. The highest BCUT2D eigenvalue weighted by Gasteiger charge is 2.45. The minimum atomic E-state index is -1.47. The van der Waals surface area contributed by atoms with Gasteiger partial charge in [-0.3, -0.25) is 10.1 Å². The van der Waals surface area contributed by atoms with E-state index in [4.69, 9.17) is 11.6 Å². The van der Waals surface area contributed by atoms with E-state index in [1.54, 1.807) is 18.2 Å². The molecule has 0 aromatic carbocycles. The third-order valence-electron chi connectivity index (χ3n) is 1.75. The van der Waals surface area contributed by atoms with Gasteiger partial charge in [-0.2, -0.15) is 0 Å². The van der Waals surface area contributed by atoms with Gasteiger partial charge in [0.05, 0.1) is 5.92 Å². The summed E-state index contributed by atoms with van der Waals surface area (Å²) in [4.78, 5) is 8.67. The van der Waals surface area contributed by atoms with Gasteiger partial charge in [0.25, 0.3) is 0 Å². The van der Waals surface area contributed by atoms with E-state index >= 15 is 0 Å². The van der Waals surface area contributed by atoms with E-state index in [1.807, 2.05) is 0 Å². The smallest absolute Gasteiger partial charge is 0.262 e. The van der Waals surface area contributed by atoms with Crippen LogP contribution in [0, 0.1) is 16.0 Å². The summed E-state index contributed by atoms with van der Waals surface area (Å²) in [5, 5.41) is 11.1. The lowest BCUT2D eigenvalue weighted by Gasteiger charge is -2.22. The van der Waals surface area contributed by atoms with Crippen molar-refractivity contribution in [3.05, 3.63) is 34.4 Å². The number of rotatable bonds is 2. The van der Waals surface area contributed by atoms with Crippen molar-refractivity contribution in [3.63, 3.8) is 0 Å². The van der Waals surface area contributed by atoms with Crippen LogP contribution >= 0.6 is 27.5 Å². The van der Waals surface area contributed by atoms with Gasteiger partial charge < -0.3 is 0 Å². The fourth-order valence-electron chi connectivity index (χ4n) is 1.00. The molecule has 2 unspecified atom stereocenters. The summed E-state index contributed by atoms with van der Waals surface area (Å²) in [6, 6.07) is 0. The summed E-state index contributed by atoms with van der Waals surface area (Å²) >= 11 is 8.99. The Balaban J connectivity index is 2.94. The van der Waals surface area contributed by atoms with Crippen molar-refractivity contribution in [3.8, 4) is 0 Å². The normalized spacial score (nSPS) is 33.7. The molecular weight excluding hydrogens is 245 g/mol. The number of alkyl halides is 2. The van der Waals surface area contributed by atoms with Gasteiger partial charge >= 0.3 is 5.00 Å². The Morgan fingerprint density at radius 2 is 2.33 bits per heavy atom. The van der Waals surface area contributed by atoms with Gasteiger partial charge in [-0.1, -0.05) is 34.2 Å². The standard InChI is InChI=1S/C7H7BrClNO2/c8-5-6-3-1-2-4-7(6,9)10(11)12/h1-4,6H,5H2. The molecule has 12 heavy (non-hydrogen) atoms. The number of nitrogens with zero attached hydrogens (tertiary/aromatic N) is 1. The van der Waals surface area contributed by atoms with Crippen LogP contribution in [0.5, 0.6) is 0 Å². The van der Waals surface area contributed by atoms with Crippen LogP contribution in [0.2, 0.25) is 0 Å². The summed E-state index contributed by atoms with van der Waals surface area (Å²) in [6.07, 6.45) is 6.48. The van der Waals surface area contributed by atoms with Crippen LogP contribution in [0.15, 0.2) is 24.3 Å². The molecule has 0 aromatic heterocycles. The van der Waals surface area contributed by atoms with Crippen LogP contribution in [-0.4, -0.2) is 15.3 Å². The molecule has 2 atom stereocenters. The van der Waals surface area contributed by atoms with Gasteiger partial charge in [0.1, 0.15) is 0 Å². The van der Waals surface area contributed by atoms with Crippen LogP contribution in [0.4, 0.5) is 0 Å². The quantitative estimate of drug-likeness (QED) is 0.328. The van der Waals surface area contributed by atoms with Crippen LogP contribution < -0.4 is 0 Å². The lowest BCUT2D eigenvalue weighted by Crippen LogP contribution is -2.39. The molecule has 0 bridgehead atoms. The lowest BCUT2D eigenvalue weighted by atomic mass is 9.97. The predicted molar refractivity (Wildman–Crippen MR) is 51.1 cm³/mol. The topological polar surface area (TPSA) is 43.1 Å². The van der Waals surface area contributed by atoms with E-state index in [9.17, 15) is 10.1 Å². The molecule has 3 nitrogen and oxygen atoms in total. The highest BCUT2D eigenvalue weighted by molar-refractivity contribution is 9.09. The molecule has 0 saturated carbocycles. The number of hydrogen-bond donors (Lipinski definition) is 0. The molecule has 0 aromatic rings. The van der Waals surface area contributed by atoms with E-state index in [0.29, 0.717) is 5.33 Å². The van der Waals surface area contributed by atoms with Crippen molar-refractivity contribution in [2.45, 2.75) is 5.00 Å². The second kappa shape index (κ2) is 3.58. The third-order valence-corrected chi connectivity index (χ3v) is 2.99. The summed E-state index contributed by atoms with van der Waals surface area (Å²) in [6.45, 7) is 0. The number of allylic oxidation sites excluding steroid dienone is 2. The minimum Gasteiger partial charge on any atom is -0.262 e. The largest absolute Gasteiger partial charge is 0.320 e. The van der Waals surface area contributed by atoms with E-state index in [2.05, 4.69) is 15.9 Å². The number of halogens is 2. The van der Waals surface area contributed by atoms with Gasteiger partial charge in [0, 0.05) is 16.3 Å². The summed E-state index contributed by atoms with van der Waals surface area (Å²) in [5.41, 5.74) is 0. The fraction of sp³-hybridized carbons (Fsp3) is 0.429. The van der Waals surface area contributed by atoms with Crippen LogP contribution in [0.1, 0.15) is 0 Å². The average molecular weight is 252 g/mol. The van der Waals surface area contributed by atoms with Crippen LogP contribution in [0.3, 0.4) is 0 Å². The maximum atomic E-state index is 10.6. The first-order valence-corrected chi connectivity index (χ1v) is 4.86. The van der Waals surface area contributed by atoms with Crippen molar-refractivity contribution in [1.29, 1.82) is 0 Å². The molecule has 1 aliphatic carbocycles. The summed E-state index contributed by atoms with van der Waals surface area (Å²) < 4.78 is 0. The maximum absolute atomic E-state index is 10.6. The Labute approximate surface area is 83.4 Å². The minimum absolute atomic E-state index is 0.292. The Hall–Kier alpha value is -0.350. The molecule has 0 amide bonds. The van der Waals surface area contributed by atoms with Crippen LogP contribution in [-0.2, 0) is 0 Å². The van der Waals surface area contributed by atoms with Crippen LogP contribution in [0.25, 0.3) is 0 Å². The first kappa shape index (κ1) is 9.74. The third kappa shape index (κ3) is 1.54. The van der Waals surface area contributed by atoms with E-state index in [1.165, 1.54) is 6.08 Å². The van der Waals surface area contributed by atoms with Crippen molar-refractivity contribution in [2.75, 3.05) is 5.33 Å². The monoisotopic (exact) mass is 251 g/mol. The van der Waals surface area contributed by atoms with E-state index < -0.39 is 9.92 Å². The molecule has 1 rings (SSSR count). The molecule has 1 aliphatic rings. The highest BCUT2D eigenvalue weighted by atomic mass is 79.9. The van der Waals surface area contributed by atoms with E-state index in [-0.39, 0.29) is 5.92 Å². The lowest BCUT2D eigenvalue weighted by molar-refractivity contribution is -0.534. The molecule has 0 radical (unpaired) electrons. The van der Waals surface area contributed by atoms with Crippen molar-refractivity contribution >= 4 is 27.5 Å². The van der Waals surface area contributed by atoms with E-state index in [0.717, 1.165) is 0 Å². The Bertz CT molecular complexity index is 254. The molecular formula is C7H7BrClNO2. The van der Waals surface area contributed by atoms with Gasteiger partial charge in [-0.25, -0.2) is 0 Å². The first-order valence-electron chi connectivity index (χ1n) is 3.36. The fourth-order valence-corrected chi connectivity index (χ4v) is 2.12. The summed E-state index contributed by atoms with van der Waals surface area (Å²) in [5.74, 6) is -0.292. The maximum Gasteiger partial charge on any atom is 0.320 e. The second-order valence-electron chi connectivity index (χ2n) is 2.49.